The predicted octanol–water partition coefficient (Wildman–Crippen LogP) is 6.56. The van der Waals surface area contributed by atoms with E-state index in [0.717, 1.165) is 23.4 Å². The van der Waals surface area contributed by atoms with Gasteiger partial charge in [0.2, 0.25) is 0 Å². The van der Waals surface area contributed by atoms with Crippen LogP contribution in [-0.4, -0.2) is 11.8 Å². The van der Waals surface area contributed by atoms with E-state index in [-0.39, 0.29) is 29.2 Å². The highest BCUT2D eigenvalue weighted by Gasteiger charge is 2.46. The topological polar surface area (TPSA) is 41.1 Å². The molecule has 1 aliphatic carbocycles. The van der Waals surface area contributed by atoms with Crippen LogP contribution in [0.1, 0.15) is 49.4 Å². The van der Waals surface area contributed by atoms with Crippen molar-refractivity contribution in [2.75, 3.05) is 10.6 Å². The van der Waals surface area contributed by atoms with E-state index in [4.69, 9.17) is 23.2 Å². The van der Waals surface area contributed by atoms with Gasteiger partial charge in [-0.3, -0.25) is 4.79 Å². The molecule has 0 aromatic heterocycles. The van der Waals surface area contributed by atoms with Crippen LogP contribution in [0.5, 0.6) is 0 Å². The van der Waals surface area contributed by atoms with Gasteiger partial charge in [-0.25, -0.2) is 0 Å². The number of ketones is 1. The summed E-state index contributed by atoms with van der Waals surface area (Å²) < 4.78 is 0. The fourth-order valence-electron chi connectivity index (χ4n) is 4.70. The van der Waals surface area contributed by atoms with Gasteiger partial charge in [0.15, 0.2) is 0 Å². The maximum Gasteiger partial charge on any atom is 0.140 e. The molecule has 0 radical (unpaired) electrons. The molecule has 1 aliphatic heterocycles. The van der Waals surface area contributed by atoms with Crippen molar-refractivity contribution in [1.29, 1.82) is 0 Å². The van der Waals surface area contributed by atoms with Gasteiger partial charge in [0.05, 0.1) is 23.3 Å². The smallest absolute Gasteiger partial charge is 0.140 e. The van der Waals surface area contributed by atoms with Gasteiger partial charge in [0.1, 0.15) is 5.78 Å². The van der Waals surface area contributed by atoms with Crippen LogP contribution < -0.4 is 10.6 Å². The van der Waals surface area contributed by atoms with E-state index in [1.54, 1.807) is 6.07 Å². The first kappa shape index (κ1) is 19.6. The Hall–Kier alpha value is -1.71. The second-order valence-corrected chi connectivity index (χ2v) is 9.90. The van der Waals surface area contributed by atoms with Crippen molar-refractivity contribution in [2.45, 2.75) is 52.6 Å². The highest BCUT2D eigenvalue weighted by molar-refractivity contribution is 6.35. The molecule has 148 valence electrons. The number of carbonyl (C=O) groups excluding carboxylic acids is 1. The highest BCUT2D eigenvalue weighted by Crippen LogP contribution is 2.48. The van der Waals surface area contributed by atoms with Gasteiger partial charge in [-0.05, 0) is 66.6 Å². The molecule has 2 aromatic rings. The molecular weight excluding hydrogens is 391 g/mol. The summed E-state index contributed by atoms with van der Waals surface area (Å²) in [6.45, 7) is 8.57. The number of halogens is 2. The monoisotopic (exact) mass is 416 g/mol. The van der Waals surface area contributed by atoms with E-state index >= 15 is 0 Å². The number of benzene rings is 2. The third-order valence-electron chi connectivity index (χ3n) is 6.17. The average molecular weight is 417 g/mol. The maximum atomic E-state index is 13.3. The van der Waals surface area contributed by atoms with Crippen molar-refractivity contribution in [3.8, 4) is 0 Å². The van der Waals surface area contributed by atoms with Crippen LogP contribution in [0.25, 0.3) is 0 Å². The lowest BCUT2D eigenvalue weighted by atomic mass is 9.66. The van der Waals surface area contributed by atoms with Crippen LogP contribution >= 0.6 is 23.2 Å². The van der Waals surface area contributed by atoms with Crippen LogP contribution in [0.3, 0.4) is 0 Å². The van der Waals surface area contributed by atoms with E-state index in [9.17, 15) is 4.79 Å². The molecule has 3 nitrogen and oxygen atoms in total. The lowest BCUT2D eigenvalue weighted by Gasteiger charge is -2.42. The Morgan fingerprint density at radius 2 is 1.64 bits per heavy atom. The van der Waals surface area contributed by atoms with Crippen LogP contribution in [-0.2, 0) is 4.79 Å². The second-order valence-electron chi connectivity index (χ2n) is 9.06. The summed E-state index contributed by atoms with van der Waals surface area (Å²) in [6.07, 6.45) is 1.51. The Kier molecular flexibility index (Phi) is 4.87. The molecule has 4 rings (SSSR count). The van der Waals surface area contributed by atoms with Gasteiger partial charge >= 0.3 is 0 Å². The number of hydrogen-bond acceptors (Lipinski definition) is 3. The minimum Gasteiger partial charge on any atom is -0.380 e. The van der Waals surface area contributed by atoms with Crippen molar-refractivity contribution in [1.82, 2.24) is 0 Å². The molecule has 2 aromatic carbocycles. The van der Waals surface area contributed by atoms with Crippen LogP contribution in [0.4, 0.5) is 11.4 Å². The molecular formula is C23H26Cl2N2O. The molecule has 0 spiro atoms. The second kappa shape index (κ2) is 6.96. The first-order valence-electron chi connectivity index (χ1n) is 9.77. The lowest BCUT2D eigenvalue weighted by Crippen LogP contribution is -2.47. The Bertz CT molecular complexity index is 954. The molecule has 5 heteroatoms. The summed E-state index contributed by atoms with van der Waals surface area (Å²) in [5.74, 6) is 0.0817. The third-order valence-corrected chi connectivity index (χ3v) is 6.74. The van der Waals surface area contributed by atoms with E-state index in [2.05, 4.69) is 50.5 Å². The lowest BCUT2D eigenvalue weighted by molar-refractivity contribution is -0.128. The zero-order valence-corrected chi connectivity index (χ0v) is 18.2. The van der Waals surface area contributed by atoms with E-state index in [1.807, 2.05) is 12.1 Å². The number of rotatable bonds is 1. The number of fused-ring (bicyclic) bond motifs is 2. The first-order chi connectivity index (χ1) is 13.1. The van der Waals surface area contributed by atoms with E-state index < -0.39 is 0 Å². The molecule has 0 bridgehead atoms. The van der Waals surface area contributed by atoms with Gasteiger partial charge < -0.3 is 10.6 Å². The SMILES string of the molecule is Cc1cc2c(cc1C)NC(c1ccc(Cl)cc1Cl)C1C(=O)CC(C)(C)CC1N2. The summed E-state index contributed by atoms with van der Waals surface area (Å²) >= 11 is 12.7. The van der Waals surface area contributed by atoms with Crippen molar-refractivity contribution >= 4 is 40.4 Å². The summed E-state index contributed by atoms with van der Waals surface area (Å²) in [6, 6.07) is 9.72. The maximum absolute atomic E-state index is 13.3. The van der Waals surface area contributed by atoms with E-state index in [0.29, 0.717) is 16.5 Å². The Morgan fingerprint density at radius 1 is 1.00 bits per heavy atom. The van der Waals surface area contributed by atoms with Gasteiger partial charge in [-0.15, -0.1) is 0 Å². The molecule has 3 atom stereocenters. The van der Waals surface area contributed by atoms with Gasteiger partial charge in [0, 0.05) is 22.5 Å². The summed E-state index contributed by atoms with van der Waals surface area (Å²) in [4.78, 5) is 13.3. The molecule has 0 saturated heterocycles. The van der Waals surface area contributed by atoms with Crippen LogP contribution in [0, 0.1) is 25.2 Å². The van der Waals surface area contributed by atoms with Crippen molar-refractivity contribution < 1.29 is 4.79 Å². The molecule has 2 aliphatic rings. The highest BCUT2D eigenvalue weighted by atomic mass is 35.5. The van der Waals surface area contributed by atoms with Crippen molar-refractivity contribution in [3.05, 3.63) is 57.1 Å². The number of anilines is 2. The van der Waals surface area contributed by atoms with Gasteiger partial charge in [0.25, 0.3) is 0 Å². The molecule has 1 saturated carbocycles. The van der Waals surface area contributed by atoms with Gasteiger partial charge in [-0.2, -0.15) is 0 Å². The number of hydrogen-bond donors (Lipinski definition) is 2. The number of carbonyl (C=O) groups is 1. The first-order valence-corrected chi connectivity index (χ1v) is 10.5. The summed E-state index contributed by atoms with van der Waals surface area (Å²) in [5.41, 5.74) is 5.40. The minimum atomic E-state index is -0.200. The minimum absolute atomic E-state index is 0.0240. The number of Topliss-reactive ketones (excluding diaryl/α,β-unsaturated/α-hetero) is 1. The summed E-state index contributed by atoms with van der Waals surface area (Å²) in [7, 11) is 0. The molecule has 28 heavy (non-hydrogen) atoms. The number of nitrogens with one attached hydrogen (secondary N) is 2. The molecule has 1 heterocycles. The Morgan fingerprint density at radius 3 is 2.29 bits per heavy atom. The normalized spacial score (nSPS) is 25.8. The molecule has 3 unspecified atom stereocenters. The fourth-order valence-corrected chi connectivity index (χ4v) is 5.23. The van der Waals surface area contributed by atoms with Crippen LogP contribution in [0.15, 0.2) is 30.3 Å². The molecule has 1 fully saturated rings. The zero-order valence-electron chi connectivity index (χ0n) is 16.7. The quantitative estimate of drug-likeness (QED) is 0.552. The number of aryl methyl sites for hydroxylation is 2. The largest absolute Gasteiger partial charge is 0.380 e. The summed E-state index contributed by atoms with van der Waals surface area (Å²) in [5, 5.41) is 8.53. The van der Waals surface area contributed by atoms with Crippen molar-refractivity contribution in [3.63, 3.8) is 0 Å². The average Bonchev–Trinajstić information content (AvgIpc) is 2.71. The van der Waals surface area contributed by atoms with E-state index in [1.165, 1.54) is 11.1 Å². The third kappa shape index (κ3) is 3.51. The Balaban J connectivity index is 1.87. The standard InChI is InChI=1S/C23H26Cl2N2O/c1-12-7-17-18(8-13(12)2)27-22(15-6-5-14(24)9-16(15)25)21-19(26-17)10-23(3,4)11-20(21)28/h5-9,19,21-22,26-27H,10-11H2,1-4H3. The van der Waals surface area contributed by atoms with Gasteiger partial charge in [-0.1, -0.05) is 43.1 Å². The Labute approximate surface area is 176 Å². The van der Waals surface area contributed by atoms with Crippen molar-refractivity contribution in [2.24, 2.45) is 11.3 Å². The fraction of sp³-hybridized carbons (Fsp3) is 0.435. The molecule has 0 amide bonds. The predicted molar refractivity (Wildman–Crippen MR) is 118 cm³/mol. The van der Waals surface area contributed by atoms with Crippen LogP contribution in [0.2, 0.25) is 10.0 Å². The zero-order chi connectivity index (χ0) is 20.2. The molecule has 2 N–H and O–H groups in total.